The predicted molar refractivity (Wildman–Crippen MR) is 58.5 cm³/mol. The third kappa shape index (κ3) is 2.50. The number of likely N-dealkylation sites (N-methyl/N-ethyl adjacent to an activating group) is 1. The van der Waals surface area contributed by atoms with Crippen molar-refractivity contribution in [3.05, 3.63) is 30.3 Å². The Morgan fingerprint density at radius 1 is 1.19 bits per heavy atom. The minimum Gasteiger partial charge on any atom is -0.479 e. The molecule has 5 nitrogen and oxygen atoms in total. The van der Waals surface area contributed by atoms with Crippen molar-refractivity contribution in [1.29, 1.82) is 0 Å². The maximum absolute atomic E-state index is 10.9. The van der Waals surface area contributed by atoms with E-state index in [0.29, 0.717) is 12.2 Å². The second-order valence-electron chi connectivity index (χ2n) is 3.20. The molecule has 0 saturated heterocycles. The zero-order valence-corrected chi connectivity index (χ0v) is 8.83. The lowest BCUT2D eigenvalue weighted by atomic mass is 10.2. The zero-order chi connectivity index (χ0) is 12.1. The Labute approximate surface area is 92.9 Å². The third-order valence-electron chi connectivity index (χ3n) is 2.21. The summed E-state index contributed by atoms with van der Waals surface area (Å²) in [5.41, 5.74) is 0.583. The van der Waals surface area contributed by atoms with Crippen LogP contribution in [0.2, 0.25) is 0 Å². The molecule has 16 heavy (non-hydrogen) atoms. The SMILES string of the molecule is CCN(c1ccccc1)C(C(=O)O)C(=O)O. The molecule has 0 saturated carbocycles. The fraction of sp³-hybridized carbons (Fsp3) is 0.273. The first-order valence-corrected chi connectivity index (χ1v) is 4.85. The van der Waals surface area contributed by atoms with E-state index in [-0.39, 0.29) is 0 Å². The highest BCUT2D eigenvalue weighted by Gasteiger charge is 2.31. The lowest BCUT2D eigenvalue weighted by molar-refractivity contribution is -0.149. The summed E-state index contributed by atoms with van der Waals surface area (Å²) in [4.78, 5) is 23.1. The van der Waals surface area contributed by atoms with Crippen molar-refractivity contribution in [3.63, 3.8) is 0 Å². The molecule has 1 aromatic rings. The van der Waals surface area contributed by atoms with Crippen LogP contribution in [-0.4, -0.2) is 34.7 Å². The van der Waals surface area contributed by atoms with Crippen LogP contribution in [0.15, 0.2) is 30.3 Å². The van der Waals surface area contributed by atoms with Crippen LogP contribution in [0.4, 0.5) is 5.69 Å². The van der Waals surface area contributed by atoms with E-state index in [1.807, 2.05) is 0 Å². The van der Waals surface area contributed by atoms with Gasteiger partial charge in [0, 0.05) is 12.2 Å². The number of para-hydroxylation sites is 1. The molecular formula is C11H13NO4. The summed E-state index contributed by atoms with van der Waals surface area (Å²) in [6.07, 6.45) is 0. The van der Waals surface area contributed by atoms with Gasteiger partial charge in [-0.3, -0.25) is 0 Å². The van der Waals surface area contributed by atoms with Crippen LogP contribution in [0.1, 0.15) is 6.92 Å². The molecule has 0 heterocycles. The fourth-order valence-electron chi connectivity index (χ4n) is 1.51. The number of carbonyl (C=O) groups is 2. The number of hydrogen-bond donors (Lipinski definition) is 2. The van der Waals surface area contributed by atoms with Gasteiger partial charge in [-0.05, 0) is 19.1 Å². The summed E-state index contributed by atoms with van der Waals surface area (Å²) < 4.78 is 0. The first-order chi connectivity index (χ1) is 7.57. The molecule has 0 unspecified atom stereocenters. The topological polar surface area (TPSA) is 77.8 Å². The van der Waals surface area contributed by atoms with Gasteiger partial charge in [-0.15, -0.1) is 0 Å². The Kier molecular flexibility index (Phi) is 3.88. The molecule has 0 fully saturated rings. The molecule has 0 aliphatic rings. The molecule has 1 rings (SSSR count). The van der Waals surface area contributed by atoms with Crippen LogP contribution >= 0.6 is 0 Å². The second kappa shape index (κ2) is 5.16. The molecule has 0 amide bonds. The Morgan fingerprint density at radius 2 is 1.69 bits per heavy atom. The van der Waals surface area contributed by atoms with Crippen LogP contribution in [0, 0.1) is 0 Å². The summed E-state index contributed by atoms with van der Waals surface area (Å²) in [6, 6.07) is 7.07. The number of carboxylic acids is 2. The van der Waals surface area contributed by atoms with Crippen LogP contribution in [0.5, 0.6) is 0 Å². The molecule has 0 bridgehead atoms. The van der Waals surface area contributed by atoms with Gasteiger partial charge in [0.2, 0.25) is 6.04 Å². The van der Waals surface area contributed by atoms with E-state index in [2.05, 4.69) is 0 Å². The van der Waals surface area contributed by atoms with Gasteiger partial charge < -0.3 is 15.1 Å². The molecule has 0 aromatic heterocycles. The van der Waals surface area contributed by atoms with Gasteiger partial charge in [-0.2, -0.15) is 0 Å². The second-order valence-corrected chi connectivity index (χ2v) is 3.20. The number of benzene rings is 1. The zero-order valence-electron chi connectivity index (χ0n) is 8.83. The highest BCUT2D eigenvalue weighted by atomic mass is 16.4. The Hall–Kier alpha value is -2.04. The lowest BCUT2D eigenvalue weighted by Gasteiger charge is -2.26. The molecule has 0 spiro atoms. The van der Waals surface area contributed by atoms with Crippen LogP contribution in [0.3, 0.4) is 0 Å². The molecular weight excluding hydrogens is 210 g/mol. The van der Waals surface area contributed by atoms with Crippen LogP contribution in [0.25, 0.3) is 0 Å². The van der Waals surface area contributed by atoms with Gasteiger partial charge in [0.05, 0.1) is 0 Å². The maximum atomic E-state index is 10.9. The highest BCUT2D eigenvalue weighted by molar-refractivity contribution is 6.00. The maximum Gasteiger partial charge on any atom is 0.338 e. The highest BCUT2D eigenvalue weighted by Crippen LogP contribution is 2.16. The summed E-state index contributed by atoms with van der Waals surface area (Å²) >= 11 is 0. The summed E-state index contributed by atoms with van der Waals surface area (Å²) in [6.45, 7) is 2.03. The summed E-state index contributed by atoms with van der Waals surface area (Å²) in [5, 5.41) is 17.8. The van der Waals surface area contributed by atoms with Gasteiger partial charge in [-0.1, -0.05) is 18.2 Å². The Morgan fingerprint density at radius 3 is 2.06 bits per heavy atom. The van der Waals surface area contributed by atoms with Gasteiger partial charge >= 0.3 is 11.9 Å². The number of aliphatic carboxylic acids is 2. The molecule has 5 heteroatoms. The van der Waals surface area contributed by atoms with Crippen molar-refractivity contribution in [1.82, 2.24) is 0 Å². The van der Waals surface area contributed by atoms with Gasteiger partial charge in [-0.25, -0.2) is 9.59 Å². The quantitative estimate of drug-likeness (QED) is 0.729. The van der Waals surface area contributed by atoms with Gasteiger partial charge in [0.25, 0.3) is 0 Å². The monoisotopic (exact) mass is 223 g/mol. The van der Waals surface area contributed by atoms with E-state index < -0.39 is 18.0 Å². The number of rotatable bonds is 5. The molecule has 0 radical (unpaired) electrons. The average molecular weight is 223 g/mol. The fourth-order valence-corrected chi connectivity index (χ4v) is 1.51. The van der Waals surface area contributed by atoms with Gasteiger partial charge in [0.1, 0.15) is 0 Å². The predicted octanol–water partition coefficient (Wildman–Crippen LogP) is 1.05. The summed E-state index contributed by atoms with van der Waals surface area (Å²) in [7, 11) is 0. The normalized spacial score (nSPS) is 10.1. The molecule has 86 valence electrons. The van der Waals surface area contributed by atoms with E-state index in [4.69, 9.17) is 10.2 Å². The Balaban J connectivity index is 3.05. The van der Waals surface area contributed by atoms with Crippen LogP contribution < -0.4 is 4.90 Å². The van der Waals surface area contributed by atoms with Crippen molar-refractivity contribution in [2.24, 2.45) is 0 Å². The van der Waals surface area contributed by atoms with Crippen molar-refractivity contribution in [2.45, 2.75) is 13.0 Å². The number of nitrogens with zero attached hydrogens (tertiary/aromatic N) is 1. The minimum absolute atomic E-state index is 0.313. The van der Waals surface area contributed by atoms with Crippen molar-refractivity contribution in [2.75, 3.05) is 11.4 Å². The smallest absolute Gasteiger partial charge is 0.338 e. The van der Waals surface area contributed by atoms with E-state index in [1.54, 1.807) is 37.3 Å². The van der Waals surface area contributed by atoms with E-state index in [1.165, 1.54) is 4.90 Å². The first-order valence-electron chi connectivity index (χ1n) is 4.85. The first kappa shape index (κ1) is 12.0. The third-order valence-corrected chi connectivity index (χ3v) is 2.21. The van der Waals surface area contributed by atoms with Crippen molar-refractivity contribution < 1.29 is 19.8 Å². The molecule has 2 N–H and O–H groups in total. The minimum atomic E-state index is -1.55. The largest absolute Gasteiger partial charge is 0.479 e. The van der Waals surface area contributed by atoms with Crippen LogP contribution in [-0.2, 0) is 9.59 Å². The number of hydrogen-bond acceptors (Lipinski definition) is 3. The van der Waals surface area contributed by atoms with E-state index in [9.17, 15) is 9.59 Å². The van der Waals surface area contributed by atoms with Gasteiger partial charge in [0.15, 0.2) is 0 Å². The molecule has 0 atom stereocenters. The average Bonchev–Trinajstić information content (AvgIpc) is 2.25. The molecule has 1 aromatic carbocycles. The summed E-state index contributed by atoms with van der Waals surface area (Å²) in [5.74, 6) is -2.73. The van der Waals surface area contributed by atoms with Crippen molar-refractivity contribution in [3.8, 4) is 0 Å². The van der Waals surface area contributed by atoms with Crippen molar-refractivity contribution >= 4 is 17.6 Å². The Bertz CT molecular complexity index is 363. The van der Waals surface area contributed by atoms with E-state index in [0.717, 1.165) is 0 Å². The molecule has 0 aliphatic heterocycles. The number of anilines is 1. The van der Waals surface area contributed by atoms with E-state index >= 15 is 0 Å². The number of carboxylic acid groups (broad SMARTS) is 2. The molecule has 0 aliphatic carbocycles. The lowest BCUT2D eigenvalue weighted by Crippen LogP contribution is -2.47. The standard InChI is InChI=1S/C11H13NO4/c1-2-12(8-6-4-3-5-7-8)9(10(13)14)11(15)16/h3-7,9H,2H2,1H3,(H,13,14)(H,15,16).